The molecule has 1 aliphatic heterocycles. The summed E-state index contributed by atoms with van der Waals surface area (Å²) in [6.45, 7) is 6.05. The van der Waals surface area contributed by atoms with Gasteiger partial charge in [-0.1, -0.05) is 42.1 Å². The molecule has 1 amide bonds. The number of thioether (sulfide) groups is 1. The molecule has 0 saturated carbocycles. The van der Waals surface area contributed by atoms with Gasteiger partial charge in [-0.2, -0.15) is 0 Å². The Morgan fingerprint density at radius 2 is 1.88 bits per heavy atom. The summed E-state index contributed by atoms with van der Waals surface area (Å²) < 4.78 is 0. The fraction of sp³-hybridized carbons (Fsp3) is 0.385. The number of nitrogens with one attached hydrogen (secondary N) is 1. The first-order valence-corrected chi connectivity index (χ1v) is 6.46. The summed E-state index contributed by atoms with van der Waals surface area (Å²) in [5.41, 5.74) is 0.857. The van der Waals surface area contributed by atoms with Gasteiger partial charge in [-0.25, -0.2) is 0 Å². The molecular formula is C13H16N2OS. The van der Waals surface area contributed by atoms with Gasteiger partial charge in [0.15, 0.2) is 5.17 Å². The number of amides is 1. The maximum Gasteiger partial charge on any atom is 0.244 e. The topological polar surface area (TPSA) is 41.5 Å². The Balaban J connectivity index is 2.19. The van der Waals surface area contributed by atoms with Gasteiger partial charge < -0.3 is 5.32 Å². The predicted molar refractivity (Wildman–Crippen MR) is 72.1 cm³/mol. The molecule has 17 heavy (non-hydrogen) atoms. The predicted octanol–water partition coefficient (Wildman–Crippen LogP) is 2.75. The number of benzene rings is 1. The Morgan fingerprint density at radius 1 is 1.24 bits per heavy atom. The molecule has 1 atom stereocenters. The van der Waals surface area contributed by atoms with Crippen LogP contribution in [-0.4, -0.2) is 16.6 Å². The highest BCUT2D eigenvalue weighted by atomic mass is 32.2. The standard InChI is InChI=1S/C13H16N2OS/c1-13(2,3)15-12-14-11(16)10(17-12)9-7-5-4-6-8-9/h4-8,10H,1-3H3,(H,14,15,16). The number of amidine groups is 1. The molecule has 1 heterocycles. The number of carbonyl (C=O) groups is 1. The van der Waals surface area contributed by atoms with Crippen molar-refractivity contribution in [3.05, 3.63) is 35.9 Å². The van der Waals surface area contributed by atoms with Crippen LogP contribution >= 0.6 is 11.8 Å². The van der Waals surface area contributed by atoms with Crippen molar-refractivity contribution >= 4 is 22.8 Å². The van der Waals surface area contributed by atoms with E-state index >= 15 is 0 Å². The summed E-state index contributed by atoms with van der Waals surface area (Å²) in [5.74, 6) is 0.0178. The Kier molecular flexibility index (Phi) is 3.24. The van der Waals surface area contributed by atoms with Crippen LogP contribution in [0.1, 0.15) is 31.6 Å². The molecule has 90 valence electrons. The van der Waals surface area contributed by atoms with Crippen molar-refractivity contribution in [2.24, 2.45) is 4.99 Å². The molecule has 1 saturated heterocycles. The van der Waals surface area contributed by atoms with E-state index < -0.39 is 0 Å². The Bertz CT molecular complexity index is 448. The second-order valence-electron chi connectivity index (χ2n) is 4.99. The highest BCUT2D eigenvalue weighted by molar-refractivity contribution is 8.15. The molecule has 0 radical (unpaired) electrons. The summed E-state index contributed by atoms with van der Waals surface area (Å²) in [6.07, 6.45) is 0. The largest absolute Gasteiger partial charge is 0.304 e. The van der Waals surface area contributed by atoms with Crippen LogP contribution in [0.25, 0.3) is 0 Å². The molecule has 1 aromatic carbocycles. The van der Waals surface area contributed by atoms with Crippen molar-refractivity contribution in [3.8, 4) is 0 Å². The molecule has 0 spiro atoms. The zero-order valence-corrected chi connectivity index (χ0v) is 11.0. The number of nitrogens with zero attached hydrogens (tertiary/aromatic N) is 1. The van der Waals surface area contributed by atoms with Gasteiger partial charge in [-0.15, -0.1) is 0 Å². The number of carbonyl (C=O) groups excluding carboxylic acids is 1. The zero-order chi connectivity index (χ0) is 12.5. The second kappa shape index (κ2) is 4.53. The van der Waals surface area contributed by atoms with Gasteiger partial charge >= 0.3 is 0 Å². The average molecular weight is 248 g/mol. The van der Waals surface area contributed by atoms with Crippen molar-refractivity contribution in [2.45, 2.75) is 31.6 Å². The first-order chi connectivity index (χ1) is 7.96. The Labute approximate surface area is 106 Å². The monoisotopic (exact) mass is 248 g/mol. The number of hydrogen-bond acceptors (Lipinski definition) is 3. The van der Waals surface area contributed by atoms with E-state index in [-0.39, 0.29) is 16.7 Å². The minimum Gasteiger partial charge on any atom is -0.304 e. The van der Waals surface area contributed by atoms with Crippen LogP contribution in [0, 0.1) is 0 Å². The van der Waals surface area contributed by atoms with Crippen molar-refractivity contribution in [2.75, 3.05) is 0 Å². The van der Waals surface area contributed by atoms with Crippen molar-refractivity contribution in [1.29, 1.82) is 0 Å². The third-order valence-electron chi connectivity index (χ3n) is 2.24. The maximum absolute atomic E-state index is 11.9. The van der Waals surface area contributed by atoms with E-state index in [1.54, 1.807) is 0 Å². The van der Waals surface area contributed by atoms with E-state index in [1.807, 2.05) is 51.1 Å². The highest BCUT2D eigenvalue weighted by Crippen LogP contribution is 2.34. The van der Waals surface area contributed by atoms with Crippen LogP contribution in [-0.2, 0) is 4.79 Å². The summed E-state index contributed by atoms with van der Waals surface area (Å²) in [4.78, 5) is 16.3. The van der Waals surface area contributed by atoms with Gasteiger partial charge in [0.25, 0.3) is 0 Å². The fourth-order valence-electron chi connectivity index (χ4n) is 1.57. The first kappa shape index (κ1) is 12.2. The van der Waals surface area contributed by atoms with Gasteiger partial charge in [0.2, 0.25) is 5.91 Å². The van der Waals surface area contributed by atoms with Gasteiger partial charge in [0, 0.05) is 0 Å². The van der Waals surface area contributed by atoms with Crippen LogP contribution in [0.2, 0.25) is 0 Å². The van der Waals surface area contributed by atoms with Crippen LogP contribution in [0.15, 0.2) is 35.3 Å². The summed E-state index contributed by atoms with van der Waals surface area (Å²) >= 11 is 1.49. The van der Waals surface area contributed by atoms with Crippen molar-refractivity contribution in [3.63, 3.8) is 0 Å². The minimum absolute atomic E-state index is 0.0178. The summed E-state index contributed by atoms with van der Waals surface area (Å²) in [6, 6.07) is 9.78. The van der Waals surface area contributed by atoms with E-state index in [1.165, 1.54) is 11.8 Å². The van der Waals surface area contributed by atoms with E-state index in [0.717, 1.165) is 10.7 Å². The second-order valence-corrected chi connectivity index (χ2v) is 6.08. The summed E-state index contributed by atoms with van der Waals surface area (Å²) in [7, 11) is 0. The summed E-state index contributed by atoms with van der Waals surface area (Å²) in [5, 5.41) is 3.38. The molecule has 0 aromatic heterocycles. The maximum atomic E-state index is 11.9. The first-order valence-electron chi connectivity index (χ1n) is 5.58. The molecule has 2 rings (SSSR count). The molecule has 4 heteroatoms. The smallest absolute Gasteiger partial charge is 0.244 e. The lowest BCUT2D eigenvalue weighted by Crippen LogP contribution is -2.24. The molecule has 0 aliphatic carbocycles. The lowest BCUT2D eigenvalue weighted by atomic mass is 10.1. The fourth-order valence-corrected chi connectivity index (χ4v) is 2.74. The van der Waals surface area contributed by atoms with E-state index in [2.05, 4.69) is 10.3 Å². The number of hydrogen-bond donors (Lipinski definition) is 1. The van der Waals surface area contributed by atoms with Crippen LogP contribution in [0.5, 0.6) is 0 Å². The van der Waals surface area contributed by atoms with Crippen LogP contribution in [0.4, 0.5) is 0 Å². The molecule has 1 fully saturated rings. The molecule has 3 nitrogen and oxygen atoms in total. The van der Waals surface area contributed by atoms with E-state index in [9.17, 15) is 4.79 Å². The quantitative estimate of drug-likeness (QED) is 0.830. The highest BCUT2D eigenvalue weighted by Gasteiger charge is 2.32. The van der Waals surface area contributed by atoms with Gasteiger partial charge in [0.1, 0.15) is 5.25 Å². The van der Waals surface area contributed by atoms with Crippen LogP contribution < -0.4 is 5.32 Å². The Morgan fingerprint density at radius 3 is 2.47 bits per heavy atom. The van der Waals surface area contributed by atoms with E-state index in [4.69, 9.17) is 0 Å². The number of rotatable bonds is 1. The van der Waals surface area contributed by atoms with Gasteiger partial charge in [-0.3, -0.25) is 9.79 Å². The molecule has 1 aromatic rings. The zero-order valence-electron chi connectivity index (χ0n) is 10.2. The van der Waals surface area contributed by atoms with Crippen molar-refractivity contribution in [1.82, 2.24) is 5.32 Å². The lowest BCUT2D eigenvalue weighted by Gasteiger charge is -2.12. The molecule has 1 aliphatic rings. The average Bonchev–Trinajstić information content (AvgIpc) is 2.58. The molecular weight excluding hydrogens is 232 g/mol. The van der Waals surface area contributed by atoms with Crippen molar-refractivity contribution < 1.29 is 4.79 Å². The third-order valence-corrected chi connectivity index (χ3v) is 3.38. The minimum atomic E-state index is -0.169. The van der Waals surface area contributed by atoms with Crippen LogP contribution in [0.3, 0.4) is 0 Å². The SMILES string of the molecule is CC(C)(C)N=C1NC(=O)C(c2ccccc2)S1. The van der Waals surface area contributed by atoms with Gasteiger partial charge in [0.05, 0.1) is 5.54 Å². The molecule has 0 bridgehead atoms. The lowest BCUT2D eigenvalue weighted by molar-refractivity contribution is -0.118. The number of aliphatic imine (C=N–C) groups is 1. The van der Waals surface area contributed by atoms with Gasteiger partial charge in [-0.05, 0) is 26.3 Å². The van der Waals surface area contributed by atoms with E-state index in [0.29, 0.717) is 0 Å². The molecule has 1 unspecified atom stereocenters. The normalized spacial score (nSPS) is 22.9. The third kappa shape index (κ3) is 3.09. The Hall–Kier alpha value is -1.29. The molecule has 1 N–H and O–H groups in total.